The zero-order valence-electron chi connectivity index (χ0n) is 9.44. The summed E-state index contributed by atoms with van der Waals surface area (Å²) >= 11 is 0. The summed E-state index contributed by atoms with van der Waals surface area (Å²) in [5.41, 5.74) is 0. The van der Waals surface area contributed by atoms with E-state index in [0.29, 0.717) is 0 Å². The molecule has 1 rings (SSSR count). The van der Waals surface area contributed by atoms with Gasteiger partial charge in [-0.05, 0) is 31.1 Å². The van der Waals surface area contributed by atoms with Crippen LogP contribution in [0.2, 0.25) is 0 Å². The lowest BCUT2D eigenvalue weighted by Crippen LogP contribution is -2.03. The fourth-order valence-corrected chi connectivity index (χ4v) is 2.23. The smallest absolute Gasteiger partial charge is 0.0241 e. The van der Waals surface area contributed by atoms with Crippen LogP contribution in [0, 0.1) is 11.8 Å². The summed E-state index contributed by atoms with van der Waals surface area (Å²) in [5, 5.41) is 0. The highest BCUT2D eigenvalue weighted by molar-refractivity contribution is 4.91. The molecule has 0 unspecified atom stereocenters. The Morgan fingerprint density at radius 1 is 1.00 bits per heavy atom. The molecule has 0 bridgehead atoms. The molecule has 0 heteroatoms. The average molecular weight is 181 g/mol. The molecular weight excluding hydrogens is 156 g/mol. The Hall–Kier alpha value is 0. The van der Waals surface area contributed by atoms with Gasteiger partial charge in [0.1, 0.15) is 0 Å². The SMILES string of the molecule is CC(C)CCCC[C]1CCCCC1. The van der Waals surface area contributed by atoms with Crippen molar-refractivity contribution in [2.75, 3.05) is 0 Å². The van der Waals surface area contributed by atoms with Gasteiger partial charge < -0.3 is 0 Å². The maximum atomic E-state index is 2.33. The third kappa shape index (κ3) is 5.33. The molecule has 77 valence electrons. The average Bonchev–Trinajstić information content (AvgIpc) is 2.14. The van der Waals surface area contributed by atoms with Gasteiger partial charge in [-0.1, -0.05) is 52.4 Å². The van der Waals surface area contributed by atoms with Crippen molar-refractivity contribution in [3.05, 3.63) is 5.92 Å². The van der Waals surface area contributed by atoms with Gasteiger partial charge in [-0.3, -0.25) is 0 Å². The minimum atomic E-state index is 0.899. The van der Waals surface area contributed by atoms with Crippen LogP contribution in [0.5, 0.6) is 0 Å². The van der Waals surface area contributed by atoms with E-state index in [1.807, 2.05) is 5.92 Å². The summed E-state index contributed by atoms with van der Waals surface area (Å²) in [4.78, 5) is 0. The molecule has 0 amide bonds. The Morgan fingerprint density at radius 2 is 1.69 bits per heavy atom. The number of unbranched alkanes of at least 4 members (excludes halogenated alkanes) is 1. The predicted molar refractivity (Wildman–Crippen MR) is 59.6 cm³/mol. The molecule has 1 radical (unpaired) electrons. The van der Waals surface area contributed by atoms with Crippen molar-refractivity contribution in [1.82, 2.24) is 0 Å². The lowest BCUT2D eigenvalue weighted by atomic mass is 9.85. The first-order valence-corrected chi connectivity index (χ1v) is 6.12. The number of hydrogen-bond donors (Lipinski definition) is 0. The van der Waals surface area contributed by atoms with E-state index >= 15 is 0 Å². The van der Waals surface area contributed by atoms with E-state index in [9.17, 15) is 0 Å². The molecule has 0 nitrogen and oxygen atoms in total. The van der Waals surface area contributed by atoms with Gasteiger partial charge in [-0.25, -0.2) is 0 Å². The first kappa shape index (κ1) is 11.1. The van der Waals surface area contributed by atoms with Crippen molar-refractivity contribution < 1.29 is 0 Å². The van der Waals surface area contributed by atoms with Crippen LogP contribution in [-0.4, -0.2) is 0 Å². The zero-order valence-corrected chi connectivity index (χ0v) is 9.44. The fourth-order valence-electron chi connectivity index (χ4n) is 2.23. The molecule has 0 aliphatic heterocycles. The monoisotopic (exact) mass is 181 g/mol. The standard InChI is InChI=1S/C13H25/c1-12(2)8-6-7-11-13-9-4-3-5-10-13/h12H,3-11H2,1-2H3. The highest BCUT2D eigenvalue weighted by atomic mass is 14.2. The van der Waals surface area contributed by atoms with E-state index in [0.717, 1.165) is 5.92 Å². The fraction of sp³-hybridized carbons (Fsp3) is 0.923. The Balaban J connectivity index is 1.92. The second-order valence-corrected chi connectivity index (χ2v) is 4.95. The minimum absolute atomic E-state index is 0.899. The molecule has 0 aromatic heterocycles. The quantitative estimate of drug-likeness (QED) is 0.537. The first-order valence-electron chi connectivity index (χ1n) is 6.12. The van der Waals surface area contributed by atoms with Crippen LogP contribution in [0.1, 0.15) is 71.6 Å². The highest BCUT2D eigenvalue weighted by Crippen LogP contribution is 2.29. The molecule has 13 heavy (non-hydrogen) atoms. The summed E-state index contributed by atoms with van der Waals surface area (Å²) < 4.78 is 0. The molecule has 1 fully saturated rings. The van der Waals surface area contributed by atoms with Gasteiger partial charge >= 0.3 is 0 Å². The van der Waals surface area contributed by atoms with Crippen molar-refractivity contribution in [2.24, 2.45) is 5.92 Å². The maximum Gasteiger partial charge on any atom is -0.0241 e. The Bertz CT molecular complexity index is 109. The minimum Gasteiger partial charge on any atom is -0.0628 e. The second kappa shape index (κ2) is 6.45. The van der Waals surface area contributed by atoms with E-state index in [-0.39, 0.29) is 0 Å². The van der Waals surface area contributed by atoms with Gasteiger partial charge in [0.2, 0.25) is 0 Å². The van der Waals surface area contributed by atoms with Crippen LogP contribution in [0.15, 0.2) is 0 Å². The number of rotatable bonds is 5. The van der Waals surface area contributed by atoms with E-state index in [2.05, 4.69) is 13.8 Å². The van der Waals surface area contributed by atoms with Crippen molar-refractivity contribution in [3.8, 4) is 0 Å². The van der Waals surface area contributed by atoms with E-state index in [1.54, 1.807) is 0 Å². The van der Waals surface area contributed by atoms with Crippen molar-refractivity contribution >= 4 is 0 Å². The molecule has 0 saturated heterocycles. The second-order valence-electron chi connectivity index (χ2n) is 4.95. The van der Waals surface area contributed by atoms with Crippen LogP contribution < -0.4 is 0 Å². The molecule has 0 atom stereocenters. The molecule has 0 aromatic rings. The normalized spacial score (nSPS) is 19.6. The molecule has 1 aliphatic rings. The van der Waals surface area contributed by atoms with E-state index < -0.39 is 0 Å². The lowest BCUT2D eigenvalue weighted by molar-refractivity contribution is 0.473. The topological polar surface area (TPSA) is 0 Å². The number of hydrogen-bond acceptors (Lipinski definition) is 0. The van der Waals surface area contributed by atoms with Gasteiger partial charge in [-0.15, -0.1) is 0 Å². The molecule has 0 heterocycles. The van der Waals surface area contributed by atoms with Crippen molar-refractivity contribution in [3.63, 3.8) is 0 Å². The van der Waals surface area contributed by atoms with Crippen molar-refractivity contribution in [1.29, 1.82) is 0 Å². The molecule has 0 spiro atoms. The lowest BCUT2D eigenvalue weighted by Gasteiger charge is -2.20. The Morgan fingerprint density at radius 3 is 2.31 bits per heavy atom. The molecular formula is C13H25. The molecule has 0 aromatic carbocycles. The Labute approximate surface area is 84.1 Å². The first-order chi connectivity index (χ1) is 6.29. The van der Waals surface area contributed by atoms with Gasteiger partial charge in [0.15, 0.2) is 0 Å². The molecule has 1 aliphatic carbocycles. The highest BCUT2D eigenvalue weighted by Gasteiger charge is 2.12. The van der Waals surface area contributed by atoms with Gasteiger partial charge in [0.05, 0.1) is 0 Å². The van der Waals surface area contributed by atoms with Crippen LogP contribution >= 0.6 is 0 Å². The van der Waals surface area contributed by atoms with E-state index in [1.165, 1.54) is 57.8 Å². The summed E-state index contributed by atoms with van der Waals surface area (Å²) in [6.45, 7) is 4.65. The van der Waals surface area contributed by atoms with Gasteiger partial charge in [0, 0.05) is 0 Å². The summed E-state index contributed by atoms with van der Waals surface area (Å²) in [6.07, 6.45) is 13.1. The van der Waals surface area contributed by atoms with E-state index in [4.69, 9.17) is 0 Å². The van der Waals surface area contributed by atoms with Crippen LogP contribution in [0.25, 0.3) is 0 Å². The maximum absolute atomic E-state index is 2.33. The largest absolute Gasteiger partial charge is 0.0628 e. The summed E-state index contributed by atoms with van der Waals surface area (Å²) in [6, 6.07) is 0. The molecule has 0 N–H and O–H groups in total. The van der Waals surface area contributed by atoms with Gasteiger partial charge in [-0.2, -0.15) is 0 Å². The Kier molecular flexibility index (Phi) is 5.50. The molecule has 1 saturated carbocycles. The summed E-state index contributed by atoms with van der Waals surface area (Å²) in [7, 11) is 0. The van der Waals surface area contributed by atoms with Crippen LogP contribution in [0.3, 0.4) is 0 Å². The van der Waals surface area contributed by atoms with Crippen LogP contribution in [-0.2, 0) is 0 Å². The third-order valence-electron chi connectivity index (χ3n) is 3.12. The third-order valence-corrected chi connectivity index (χ3v) is 3.12. The zero-order chi connectivity index (χ0) is 9.52. The van der Waals surface area contributed by atoms with Crippen LogP contribution in [0.4, 0.5) is 0 Å². The summed E-state index contributed by atoms with van der Waals surface area (Å²) in [5.74, 6) is 2.77. The predicted octanol–water partition coefficient (Wildman–Crippen LogP) is 4.74. The van der Waals surface area contributed by atoms with Crippen molar-refractivity contribution in [2.45, 2.75) is 71.6 Å². The van der Waals surface area contributed by atoms with Gasteiger partial charge in [0.25, 0.3) is 0 Å².